The molecule has 0 unspecified atom stereocenters. The zero-order chi connectivity index (χ0) is 15.8. The molecule has 2 aromatic rings. The third kappa shape index (κ3) is 2.96. The van der Waals surface area contributed by atoms with Crippen molar-refractivity contribution in [2.75, 3.05) is 13.2 Å². The lowest BCUT2D eigenvalue weighted by Crippen LogP contribution is -2.45. The molecular formula is C16H20N4O3. The number of ether oxygens (including phenoxy) is 2. The van der Waals surface area contributed by atoms with Crippen molar-refractivity contribution in [3.8, 4) is 5.75 Å². The van der Waals surface area contributed by atoms with Gasteiger partial charge in [-0.25, -0.2) is 0 Å². The van der Waals surface area contributed by atoms with Crippen molar-refractivity contribution < 1.29 is 14.3 Å². The monoisotopic (exact) mass is 316 g/mol. The highest BCUT2D eigenvalue weighted by atomic mass is 16.5. The zero-order valence-corrected chi connectivity index (χ0v) is 13.0. The number of aromatic nitrogens is 3. The Labute approximate surface area is 134 Å². The van der Waals surface area contributed by atoms with Gasteiger partial charge in [-0.2, -0.15) is 5.10 Å². The number of carbonyl (C=O) groups excluding carboxylic acids is 1. The van der Waals surface area contributed by atoms with Gasteiger partial charge in [0, 0.05) is 19.3 Å². The van der Waals surface area contributed by atoms with E-state index in [9.17, 15) is 4.79 Å². The number of aryl methyl sites for hydroxylation is 1. The van der Waals surface area contributed by atoms with Gasteiger partial charge in [0.05, 0.1) is 31.6 Å². The molecule has 1 saturated carbocycles. The van der Waals surface area contributed by atoms with Gasteiger partial charge in [-0.1, -0.05) is 0 Å². The summed E-state index contributed by atoms with van der Waals surface area (Å²) in [5, 5.41) is 7.13. The minimum absolute atomic E-state index is 0.0720. The smallest absolute Gasteiger partial charge is 0.268 e. The molecule has 1 amide bonds. The molecule has 122 valence electrons. The van der Waals surface area contributed by atoms with Crippen molar-refractivity contribution >= 4 is 5.91 Å². The van der Waals surface area contributed by atoms with E-state index in [1.54, 1.807) is 17.1 Å². The molecule has 2 fully saturated rings. The lowest BCUT2D eigenvalue weighted by Gasteiger charge is -2.20. The quantitative estimate of drug-likeness (QED) is 0.898. The minimum Gasteiger partial charge on any atom is -0.482 e. The van der Waals surface area contributed by atoms with E-state index in [1.807, 2.05) is 25.4 Å². The van der Waals surface area contributed by atoms with E-state index >= 15 is 0 Å². The van der Waals surface area contributed by atoms with Gasteiger partial charge in [0.25, 0.3) is 5.91 Å². The van der Waals surface area contributed by atoms with E-state index in [4.69, 9.17) is 9.47 Å². The third-order valence-electron chi connectivity index (χ3n) is 4.27. The molecule has 1 aliphatic carbocycles. The maximum absolute atomic E-state index is 12.6. The van der Waals surface area contributed by atoms with Gasteiger partial charge in [0.1, 0.15) is 11.8 Å². The highest BCUT2D eigenvalue weighted by Crippen LogP contribution is 2.36. The van der Waals surface area contributed by atoms with Gasteiger partial charge >= 0.3 is 0 Å². The second kappa shape index (κ2) is 5.73. The maximum Gasteiger partial charge on any atom is 0.268 e. The van der Waals surface area contributed by atoms with Gasteiger partial charge in [0.2, 0.25) is 0 Å². The number of carbonyl (C=O) groups is 1. The predicted molar refractivity (Wildman–Crippen MR) is 82.4 cm³/mol. The lowest BCUT2D eigenvalue weighted by atomic mass is 10.2. The van der Waals surface area contributed by atoms with Crippen molar-refractivity contribution in [1.82, 2.24) is 19.7 Å². The SMILES string of the molecule is Cn1cc(O[C@@H]2COC[C@@H]2NC(=O)c2cccn2C2CC2)cn1. The van der Waals surface area contributed by atoms with Crippen LogP contribution in [0.4, 0.5) is 0 Å². The second-order valence-electron chi connectivity index (χ2n) is 6.16. The summed E-state index contributed by atoms with van der Waals surface area (Å²) in [5.74, 6) is 0.612. The van der Waals surface area contributed by atoms with Crippen LogP contribution in [0.3, 0.4) is 0 Å². The summed E-state index contributed by atoms with van der Waals surface area (Å²) in [6, 6.07) is 4.10. The van der Waals surface area contributed by atoms with Gasteiger partial charge < -0.3 is 19.4 Å². The molecule has 2 aliphatic rings. The first-order valence-corrected chi connectivity index (χ1v) is 7.91. The molecule has 1 saturated heterocycles. The average Bonchev–Trinajstić information content (AvgIpc) is 2.93. The Morgan fingerprint density at radius 2 is 2.30 bits per heavy atom. The topological polar surface area (TPSA) is 70.3 Å². The number of nitrogens with zero attached hydrogens (tertiary/aromatic N) is 3. The molecule has 0 radical (unpaired) electrons. The molecule has 7 heteroatoms. The van der Waals surface area contributed by atoms with E-state index in [0.717, 1.165) is 12.8 Å². The molecule has 3 heterocycles. The fourth-order valence-corrected chi connectivity index (χ4v) is 2.92. The Bertz CT molecular complexity index is 704. The Balaban J connectivity index is 1.42. The summed E-state index contributed by atoms with van der Waals surface area (Å²) in [4.78, 5) is 12.6. The van der Waals surface area contributed by atoms with Crippen molar-refractivity contribution in [2.45, 2.75) is 31.0 Å². The van der Waals surface area contributed by atoms with Gasteiger partial charge in [-0.3, -0.25) is 9.48 Å². The van der Waals surface area contributed by atoms with Crippen molar-refractivity contribution in [3.05, 3.63) is 36.4 Å². The van der Waals surface area contributed by atoms with Crippen LogP contribution in [-0.2, 0) is 11.8 Å². The summed E-state index contributed by atoms with van der Waals surface area (Å²) < 4.78 is 15.1. The molecule has 0 bridgehead atoms. The summed E-state index contributed by atoms with van der Waals surface area (Å²) in [6.07, 6.45) is 7.53. The largest absolute Gasteiger partial charge is 0.482 e. The average molecular weight is 316 g/mol. The number of amides is 1. The van der Waals surface area contributed by atoms with E-state index < -0.39 is 0 Å². The Morgan fingerprint density at radius 3 is 3.04 bits per heavy atom. The molecule has 0 aromatic carbocycles. The van der Waals surface area contributed by atoms with Crippen LogP contribution in [0.2, 0.25) is 0 Å². The fraction of sp³-hybridized carbons (Fsp3) is 0.500. The predicted octanol–water partition coefficient (Wildman–Crippen LogP) is 1.13. The molecule has 1 aliphatic heterocycles. The number of nitrogens with one attached hydrogen (secondary N) is 1. The molecule has 1 N–H and O–H groups in total. The lowest BCUT2D eigenvalue weighted by molar-refractivity contribution is 0.0894. The molecular weight excluding hydrogens is 296 g/mol. The van der Waals surface area contributed by atoms with E-state index in [-0.39, 0.29) is 18.1 Å². The van der Waals surface area contributed by atoms with Crippen LogP contribution in [0.25, 0.3) is 0 Å². The molecule has 0 spiro atoms. The van der Waals surface area contributed by atoms with Crippen LogP contribution in [-0.4, -0.2) is 45.6 Å². The Kier molecular flexibility index (Phi) is 3.57. The van der Waals surface area contributed by atoms with Crippen molar-refractivity contribution in [2.24, 2.45) is 7.05 Å². The second-order valence-corrected chi connectivity index (χ2v) is 6.16. The van der Waals surface area contributed by atoms with E-state index in [2.05, 4.69) is 15.0 Å². The number of hydrogen-bond acceptors (Lipinski definition) is 4. The van der Waals surface area contributed by atoms with Gasteiger partial charge in [-0.15, -0.1) is 0 Å². The minimum atomic E-state index is -0.201. The summed E-state index contributed by atoms with van der Waals surface area (Å²) in [5.41, 5.74) is 0.708. The van der Waals surface area contributed by atoms with Crippen LogP contribution in [0.1, 0.15) is 29.4 Å². The molecule has 2 atom stereocenters. The number of rotatable bonds is 5. The maximum atomic E-state index is 12.6. The first-order chi connectivity index (χ1) is 11.2. The van der Waals surface area contributed by atoms with E-state index in [0.29, 0.717) is 30.7 Å². The molecule has 7 nitrogen and oxygen atoms in total. The highest BCUT2D eigenvalue weighted by Gasteiger charge is 2.33. The molecule has 2 aromatic heterocycles. The van der Waals surface area contributed by atoms with Gasteiger partial charge in [-0.05, 0) is 25.0 Å². The summed E-state index contributed by atoms with van der Waals surface area (Å²) in [7, 11) is 1.84. The summed E-state index contributed by atoms with van der Waals surface area (Å²) in [6.45, 7) is 0.921. The first-order valence-electron chi connectivity index (χ1n) is 7.91. The standard InChI is InChI=1S/C16H20N4O3/c1-19-8-12(7-17-19)23-15-10-22-9-13(15)18-16(21)14-3-2-6-20(14)11-4-5-11/h2-3,6-8,11,13,15H,4-5,9-10H2,1H3,(H,18,21)/t13-,15+/m0/s1. The van der Waals surface area contributed by atoms with Crippen LogP contribution in [0.5, 0.6) is 5.75 Å². The van der Waals surface area contributed by atoms with Crippen molar-refractivity contribution in [3.63, 3.8) is 0 Å². The van der Waals surface area contributed by atoms with Crippen LogP contribution in [0, 0.1) is 0 Å². The van der Waals surface area contributed by atoms with Gasteiger partial charge in [0.15, 0.2) is 5.75 Å². The third-order valence-corrected chi connectivity index (χ3v) is 4.27. The van der Waals surface area contributed by atoms with Crippen molar-refractivity contribution in [1.29, 1.82) is 0 Å². The highest BCUT2D eigenvalue weighted by molar-refractivity contribution is 5.93. The number of hydrogen-bond donors (Lipinski definition) is 1. The molecule has 4 rings (SSSR count). The van der Waals surface area contributed by atoms with Crippen LogP contribution in [0.15, 0.2) is 30.7 Å². The van der Waals surface area contributed by atoms with E-state index in [1.165, 1.54) is 0 Å². The molecule has 23 heavy (non-hydrogen) atoms. The summed E-state index contributed by atoms with van der Waals surface area (Å²) >= 11 is 0. The normalized spacial score (nSPS) is 23.9. The van der Waals surface area contributed by atoms with Crippen LogP contribution < -0.4 is 10.1 Å². The Morgan fingerprint density at radius 1 is 1.43 bits per heavy atom. The van der Waals surface area contributed by atoms with Crippen LogP contribution >= 0.6 is 0 Å². The zero-order valence-electron chi connectivity index (χ0n) is 13.0. The Hall–Kier alpha value is -2.28. The fourth-order valence-electron chi connectivity index (χ4n) is 2.92. The first kappa shape index (κ1) is 14.3.